The second kappa shape index (κ2) is 8.41. The third-order valence-corrected chi connectivity index (χ3v) is 3.31. The van der Waals surface area contributed by atoms with Gasteiger partial charge in [-0.3, -0.25) is 4.68 Å². The fourth-order valence-corrected chi connectivity index (χ4v) is 2.11. The van der Waals surface area contributed by atoms with Gasteiger partial charge in [-0.1, -0.05) is 18.2 Å². The molecule has 0 aliphatic heterocycles. The van der Waals surface area contributed by atoms with Crippen molar-refractivity contribution in [1.82, 2.24) is 20.4 Å². The molecule has 0 atom stereocenters. The molecule has 1 aromatic carbocycles. The van der Waals surface area contributed by atoms with Crippen LogP contribution in [-0.4, -0.2) is 28.6 Å². The number of nitrogens with one attached hydrogen (secondary N) is 2. The van der Waals surface area contributed by atoms with Crippen molar-refractivity contribution in [3.05, 3.63) is 47.8 Å². The van der Waals surface area contributed by atoms with Crippen molar-refractivity contribution in [2.45, 2.75) is 26.4 Å². The maximum Gasteiger partial charge on any atom is 0.573 e. The van der Waals surface area contributed by atoms with Gasteiger partial charge in [0.15, 0.2) is 5.96 Å². The Morgan fingerprint density at radius 2 is 2.00 bits per heavy atom. The Bertz CT molecular complexity index is 712. The summed E-state index contributed by atoms with van der Waals surface area (Å²) in [6.07, 6.45) is -3.05. The van der Waals surface area contributed by atoms with Crippen molar-refractivity contribution in [3.63, 3.8) is 0 Å². The first-order chi connectivity index (χ1) is 11.9. The van der Waals surface area contributed by atoms with E-state index in [1.807, 2.05) is 20.0 Å². The lowest BCUT2D eigenvalue weighted by Gasteiger charge is -2.14. The molecule has 9 heteroatoms. The Labute approximate surface area is 143 Å². The van der Waals surface area contributed by atoms with Crippen LogP contribution >= 0.6 is 0 Å². The highest BCUT2D eigenvalue weighted by Gasteiger charge is 2.31. The van der Waals surface area contributed by atoms with Crippen molar-refractivity contribution in [3.8, 4) is 5.75 Å². The number of rotatable bonds is 6. The summed E-state index contributed by atoms with van der Waals surface area (Å²) in [5.41, 5.74) is 1.30. The lowest BCUT2D eigenvalue weighted by atomic mass is 10.2. The highest BCUT2D eigenvalue weighted by molar-refractivity contribution is 5.79. The number of hydrogen-bond acceptors (Lipinski definition) is 3. The molecule has 136 valence electrons. The Morgan fingerprint density at radius 1 is 1.24 bits per heavy atom. The quantitative estimate of drug-likeness (QED) is 0.618. The molecular formula is C16H20F3N5O. The minimum absolute atomic E-state index is 0.0486. The summed E-state index contributed by atoms with van der Waals surface area (Å²) in [7, 11) is 1.83. The molecular weight excluding hydrogens is 335 g/mol. The highest BCUT2D eigenvalue weighted by atomic mass is 19.4. The van der Waals surface area contributed by atoms with E-state index in [1.165, 1.54) is 12.1 Å². The molecule has 0 radical (unpaired) electrons. The Balaban J connectivity index is 2.07. The van der Waals surface area contributed by atoms with Crippen LogP contribution in [0.1, 0.15) is 18.2 Å². The predicted molar refractivity (Wildman–Crippen MR) is 88.0 cm³/mol. The number of aryl methyl sites for hydroxylation is 1. The summed E-state index contributed by atoms with van der Waals surface area (Å²) < 4.78 is 43.2. The van der Waals surface area contributed by atoms with Crippen LogP contribution in [0, 0.1) is 0 Å². The molecule has 0 unspecified atom stereocenters. The molecule has 6 nitrogen and oxygen atoms in total. The van der Waals surface area contributed by atoms with Crippen molar-refractivity contribution in [1.29, 1.82) is 0 Å². The van der Waals surface area contributed by atoms with E-state index in [1.54, 1.807) is 23.0 Å². The molecule has 0 saturated heterocycles. The number of aromatic nitrogens is 2. The molecule has 1 aromatic heterocycles. The summed E-state index contributed by atoms with van der Waals surface area (Å²) in [6.45, 7) is 3.07. The van der Waals surface area contributed by atoms with Gasteiger partial charge in [-0.2, -0.15) is 5.10 Å². The molecule has 0 aliphatic carbocycles. The smallest absolute Gasteiger partial charge is 0.405 e. The number of nitrogens with zero attached hydrogens (tertiary/aromatic N) is 3. The zero-order chi connectivity index (χ0) is 18.3. The average Bonchev–Trinajstić information content (AvgIpc) is 2.95. The van der Waals surface area contributed by atoms with E-state index in [2.05, 4.69) is 25.5 Å². The number of aliphatic imine (C=N–C) groups is 1. The Hall–Kier alpha value is -2.71. The van der Waals surface area contributed by atoms with E-state index in [0.29, 0.717) is 24.6 Å². The van der Waals surface area contributed by atoms with Crippen molar-refractivity contribution in [2.75, 3.05) is 6.54 Å². The third-order valence-electron chi connectivity index (χ3n) is 3.31. The van der Waals surface area contributed by atoms with E-state index in [0.717, 1.165) is 5.69 Å². The minimum Gasteiger partial charge on any atom is -0.405 e. The lowest BCUT2D eigenvalue weighted by molar-refractivity contribution is -0.274. The van der Waals surface area contributed by atoms with Crippen LogP contribution in [0.5, 0.6) is 5.75 Å². The Morgan fingerprint density at radius 3 is 2.64 bits per heavy atom. The molecule has 0 amide bonds. The first kappa shape index (κ1) is 18.6. The van der Waals surface area contributed by atoms with Gasteiger partial charge in [0, 0.05) is 25.4 Å². The summed E-state index contributed by atoms with van der Waals surface area (Å²) in [6, 6.07) is 7.82. The van der Waals surface area contributed by atoms with Gasteiger partial charge >= 0.3 is 6.36 Å². The monoisotopic (exact) mass is 355 g/mol. The normalized spacial score (nSPS) is 12.1. The van der Waals surface area contributed by atoms with Crippen molar-refractivity contribution < 1.29 is 17.9 Å². The van der Waals surface area contributed by atoms with Crippen LogP contribution in [-0.2, 0) is 20.1 Å². The van der Waals surface area contributed by atoms with Crippen molar-refractivity contribution >= 4 is 5.96 Å². The van der Waals surface area contributed by atoms with Crippen LogP contribution in [0.3, 0.4) is 0 Å². The van der Waals surface area contributed by atoms with Gasteiger partial charge in [-0.15, -0.1) is 13.2 Å². The standard InChI is InChI=1S/C16H20F3N5O/c1-3-20-15(22-11-13-8-9-23-24(13)2)21-10-12-6-4-5-7-14(12)25-16(17,18)19/h4-9H,3,10-11H2,1-2H3,(H2,20,21,22). The van der Waals surface area contributed by atoms with Crippen LogP contribution in [0.4, 0.5) is 13.2 Å². The molecule has 1 heterocycles. The van der Waals surface area contributed by atoms with E-state index < -0.39 is 6.36 Å². The fraction of sp³-hybridized carbons (Fsp3) is 0.375. The summed E-state index contributed by atoms with van der Waals surface area (Å²) in [5, 5.41) is 10.2. The van der Waals surface area contributed by atoms with Gasteiger partial charge in [-0.25, -0.2) is 4.99 Å². The first-order valence-electron chi connectivity index (χ1n) is 7.71. The van der Waals surface area contributed by atoms with Gasteiger partial charge in [0.25, 0.3) is 0 Å². The van der Waals surface area contributed by atoms with Gasteiger partial charge < -0.3 is 15.4 Å². The molecule has 25 heavy (non-hydrogen) atoms. The van der Waals surface area contributed by atoms with E-state index >= 15 is 0 Å². The van der Waals surface area contributed by atoms with E-state index in [4.69, 9.17) is 0 Å². The van der Waals surface area contributed by atoms with Crippen LogP contribution in [0.25, 0.3) is 0 Å². The molecule has 0 saturated carbocycles. The molecule has 0 bridgehead atoms. The van der Waals surface area contributed by atoms with Crippen molar-refractivity contribution in [2.24, 2.45) is 12.0 Å². The van der Waals surface area contributed by atoms with Gasteiger partial charge in [-0.05, 0) is 19.1 Å². The number of hydrogen-bond donors (Lipinski definition) is 2. The summed E-state index contributed by atoms with van der Waals surface area (Å²) in [4.78, 5) is 4.32. The van der Waals surface area contributed by atoms with E-state index in [9.17, 15) is 13.2 Å². The third kappa shape index (κ3) is 6.02. The number of ether oxygens (including phenoxy) is 1. The van der Waals surface area contributed by atoms with Crippen LogP contribution in [0.15, 0.2) is 41.5 Å². The number of benzene rings is 1. The number of halogens is 3. The first-order valence-corrected chi connectivity index (χ1v) is 7.71. The number of para-hydroxylation sites is 1. The maximum atomic E-state index is 12.5. The van der Waals surface area contributed by atoms with Crippen LogP contribution in [0.2, 0.25) is 0 Å². The van der Waals surface area contributed by atoms with Gasteiger partial charge in [0.05, 0.1) is 18.8 Å². The summed E-state index contributed by atoms with van der Waals surface area (Å²) >= 11 is 0. The highest BCUT2D eigenvalue weighted by Crippen LogP contribution is 2.26. The molecule has 2 aromatic rings. The predicted octanol–water partition coefficient (Wildman–Crippen LogP) is 2.57. The lowest BCUT2D eigenvalue weighted by Crippen LogP contribution is -2.37. The maximum absolute atomic E-state index is 12.5. The van der Waals surface area contributed by atoms with Gasteiger partial charge in [0.1, 0.15) is 5.75 Å². The SMILES string of the molecule is CCNC(=NCc1ccccc1OC(F)(F)F)NCc1ccnn1C. The minimum atomic E-state index is -4.73. The molecule has 2 N–H and O–H groups in total. The van der Waals surface area contributed by atoms with Crippen LogP contribution < -0.4 is 15.4 Å². The molecule has 2 rings (SSSR count). The largest absolute Gasteiger partial charge is 0.573 e. The Kier molecular flexibility index (Phi) is 6.26. The number of alkyl halides is 3. The molecule has 0 fully saturated rings. The molecule has 0 aliphatic rings. The molecule has 0 spiro atoms. The second-order valence-corrected chi connectivity index (χ2v) is 5.15. The van der Waals surface area contributed by atoms with E-state index in [-0.39, 0.29) is 12.3 Å². The van der Waals surface area contributed by atoms with Gasteiger partial charge in [0.2, 0.25) is 0 Å². The summed E-state index contributed by atoms with van der Waals surface area (Å²) in [5.74, 6) is 0.242. The second-order valence-electron chi connectivity index (χ2n) is 5.15. The fourth-order valence-electron chi connectivity index (χ4n) is 2.11. The number of guanidine groups is 1. The average molecular weight is 355 g/mol. The zero-order valence-corrected chi connectivity index (χ0v) is 14.0. The topological polar surface area (TPSA) is 63.5 Å². The zero-order valence-electron chi connectivity index (χ0n) is 14.0.